The maximum absolute atomic E-state index is 12.2. The number of rotatable bonds is 7. The van der Waals surface area contributed by atoms with Crippen molar-refractivity contribution in [3.8, 4) is 16.6 Å². The van der Waals surface area contributed by atoms with Crippen LogP contribution in [0.1, 0.15) is 11.1 Å². The molecule has 8 nitrogen and oxygen atoms in total. The SMILES string of the molecule is COc1cc(/C=C2\SC(=O)N(C)C2=O)c(Br)cc1Oc1cnc(NCc2ccncc2)s1. The van der Waals surface area contributed by atoms with Gasteiger partial charge in [-0.15, -0.1) is 0 Å². The predicted octanol–water partition coefficient (Wildman–Crippen LogP) is 5.38. The molecule has 1 aromatic carbocycles. The number of amides is 2. The van der Waals surface area contributed by atoms with Gasteiger partial charge >= 0.3 is 0 Å². The van der Waals surface area contributed by atoms with E-state index in [1.165, 1.54) is 25.5 Å². The van der Waals surface area contributed by atoms with Crippen molar-refractivity contribution in [1.82, 2.24) is 14.9 Å². The number of methoxy groups -OCH3 is 1. The van der Waals surface area contributed by atoms with Gasteiger partial charge < -0.3 is 14.8 Å². The summed E-state index contributed by atoms with van der Waals surface area (Å²) in [5.74, 6) is 0.641. The fourth-order valence-electron chi connectivity index (χ4n) is 2.76. The van der Waals surface area contributed by atoms with Gasteiger partial charge in [0.15, 0.2) is 16.6 Å². The van der Waals surface area contributed by atoms with Gasteiger partial charge in [0.25, 0.3) is 11.1 Å². The average molecular weight is 533 g/mol. The van der Waals surface area contributed by atoms with E-state index < -0.39 is 0 Å². The van der Waals surface area contributed by atoms with Crippen molar-refractivity contribution in [2.45, 2.75) is 6.54 Å². The number of carbonyl (C=O) groups excluding carboxylic acids is 2. The van der Waals surface area contributed by atoms with Gasteiger partial charge in [-0.2, -0.15) is 0 Å². The normalized spacial score (nSPS) is 14.8. The van der Waals surface area contributed by atoms with Crippen molar-refractivity contribution in [3.63, 3.8) is 0 Å². The molecule has 3 heterocycles. The fourth-order valence-corrected chi connectivity index (χ4v) is 4.69. The molecule has 0 atom stereocenters. The lowest BCUT2D eigenvalue weighted by Gasteiger charge is -2.11. The molecule has 1 saturated heterocycles. The largest absolute Gasteiger partial charge is 0.493 e. The number of likely N-dealkylation sites (N-methyl/N-ethyl adjacent to an activating group) is 1. The highest BCUT2D eigenvalue weighted by Crippen LogP contribution is 2.40. The number of thiazole rings is 1. The molecular weight excluding hydrogens is 516 g/mol. The third-order valence-corrected chi connectivity index (χ3v) is 6.92. The van der Waals surface area contributed by atoms with Gasteiger partial charge in [-0.05, 0) is 53.2 Å². The Bertz CT molecular complexity index is 1200. The van der Waals surface area contributed by atoms with Crippen molar-refractivity contribution in [2.24, 2.45) is 0 Å². The minimum atomic E-state index is -0.331. The maximum Gasteiger partial charge on any atom is 0.293 e. The van der Waals surface area contributed by atoms with Crippen LogP contribution >= 0.6 is 39.0 Å². The van der Waals surface area contributed by atoms with Crippen LogP contribution in [0.2, 0.25) is 0 Å². The Balaban J connectivity index is 1.50. The summed E-state index contributed by atoms with van der Waals surface area (Å²) in [4.78, 5) is 33.7. The Morgan fingerprint density at radius 2 is 2.00 bits per heavy atom. The lowest BCUT2D eigenvalue weighted by atomic mass is 10.2. The molecule has 0 unspecified atom stereocenters. The second-order valence-corrected chi connectivity index (χ2v) is 9.40. The smallest absolute Gasteiger partial charge is 0.293 e. The summed E-state index contributed by atoms with van der Waals surface area (Å²) in [5.41, 5.74) is 1.79. The molecule has 1 N–H and O–H groups in total. The molecule has 2 aromatic heterocycles. The fraction of sp³-hybridized carbons (Fsp3) is 0.143. The number of hydrogen-bond donors (Lipinski definition) is 1. The van der Waals surface area contributed by atoms with Gasteiger partial charge in [0.2, 0.25) is 5.06 Å². The van der Waals surface area contributed by atoms with Crippen LogP contribution in [-0.4, -0.2) is 40.2 Å². The first-order valence-electron chi connectivity index (χ1n) is 9.30. The number of ether oxygens (including phenoxy) is 2. The third-order valence-electron chi connectivity index (χ3n) is 4.44. The van der Waals surface area contributed by atoms with Crippen LogP contribution < -0.4 is 14.8 Å². The molecule has 164 valence electrons. The number of aromatic nitrogens is 2. The van der Waals surface area contributed by atoms with Crippen LogP contribution in [-0.2, 0) is 11.3 Å². The van der Waals surface area contributed by atoms with Gasteiger partial charge in [-0.3, -0.25) is 19.5 Å². The van der Waals surface area contributed by atoms with Crippen molar-refractivity contribution >= 4 is 61.4 Å². The molecule has 0 aliphatic carbocycles. The van der Waals surface area contributed by atoms with Crippen LogP contribution in [0.5, 0.6) is 16.6 Å². The minimum Gasteiger partial charge on any atom is -0.493 e. The van der Waals surface area contributed by atoms with Crippen LogP contribution in [0.3, 0.4) is 0 Å². The number of nitrogens with one attached hydrogen (secondary N) is 1. The van der Waals surface area contributed by atoms with Crippen LogP contribution in [0.15, 0.2) is 52.2 Å². The number of thioether (sulfide) groups is 1. The van der Waals surface area contributed by atoms with E-state index in [9.17, 15) is 9.59 Å². The van der Waals surface area contributed by atoms with Gasteiger partial charge in [-0.25, -0.2) is 4.98 Å². The Labute approximate surface area is 200 Å². The predicted molar refractivity (Wildman–Crippen MR) is 128 cm³/mol. The number of hydrogen-bond acceptors (Lipinski definition) is 9. The minimum absolute atomic E-state index is 0.303. The molecular formula is C21H17BrN4O4S2. The number of anilines is 1. The molecule has 0 spiro atoms. The van der Waals surface area contributed by atoms with Crippen molar-refractivity contribution in [1.29, 1.82) is 0 Å². The van der Waals surface area contributed by atoms with E-state index >= 15 is 0 Å². The third kappa shape index (κ3) is 4.95. The van der Waals surface area contributed by atoms with E-state index in [-0.39, 0.29) is 11.1 Å². The number of pyridine rings is 1. The monoisotopic (exact) mass is 532 g/mol. The molecule has 0 bridgehead atoms. The van der Waals surface area contributed by atoms with Crippen molar-refractivity contribution in [3.05, 3.63) is 63.4 Å². The summed E-state index contributed by atoms with van der Waals surface area (Å²) >= 11 is 5.78. The molecule has 11 heteroatoms. The second-order valence-electron chi connectivity index (χ2n) is 6.56. The van der Waals surface area contributed by atoms with Crippen LogP contribution in [0.4, 0.5) is 9.93 Å². The lowest BCUT2D eigenvalue weighted by molar-refractivity contribution is -0.121. The number of halogens is 1. The maximum atomic E-state index is 12.2. The topological polar surface area (TPSA) is 93.7 Å². The zero-order valence-electron chi connectivity index (χ0n) is 17.0. The van der Waals surface area contributed by atoms with Gasteiger partial charge in [-0.1, -0.05) is 27.3 Å². The van der Waals surface area contributed by atoms with Gasteiger partial charge in [0.05, 0.1) is 18.2 Å². The van der Waals surface area contributed by atoms with E-state index in [1.807, 2.05) is 12.1 Å². The van der Waals surface area contributed by atoms with E-state index in [0.717, 1.165) is 27.4 Å². The quantitative estimate of drug-likeness (QED) is 0.405. The van der Waals surface area contributed by atoms with E-state index in [1.54, 1.807) is 36.8 Å². The van der Waals surface area contributed by atoms with Gasteiger partial charge in [0.1, 0.15) is 0 Å². The lowest BCUT2D eigenvalue weighted by Crippen LogP contribution is -2.22. The first-order chi connectivity index (χ1) is 15.4. The molecule has 3 aromatic rings. The van der Waals surface area contributed by atoms with E-state index in [2.05, 4.69) is 31.2 Å². The zero-order valence-corrected chi connectivity index (χ0v) is 20.2. The molecule has 1 fully saturated rings. The molecule has 2 amide bonds. The highest BCUT2D eigenvalue weighted by molar-refractivity contribution is 9.10. The summed E-state index contributed by atoms with van der Waals surface area (Å²) in [7, 11) is 2.99. The number of carbonyl (C=O) groups is 2. The van der Waals surface area contributed by atoms with Crippen LogP contribution in [0.25, 0.3) is 6.08 Å². The summed E-state index contributed by atoms with van der Waals surface area (Å²) in [6.07, 6.45) is 6.78. The number of benzene rings is 1. The standard InChI is InChI=1S/C21H17BrN4O4S2/c1-26-19(27)17(31-21(26)28)8-13-7-15(29-2)16(9-14(13)22)30-18-11-25-20(32-18)24-10-12-3-5-23-6-4-12/h3-9,11H,10H2,1-2H3,(H,24,25)/b17-8-. The Kier molecular flexibility index (Phi) is 6.77. The molecule has 32 heavy (non-hydrogen) atoms. The molecule has 1 aliphatic heterocycles. The summed E-state index contributed by atoms with van der Waals surface area (Å²) in [5, 5.41) is 4.26. The Hall–Kier alpha value is -2.89. The highest BCUT2D eigenvalue weighted by Gasteiger charge is 2.32. The van der Waals surface area contributed by atoms with Gasteiger partial charge in [0, 0.05) is 30.5 Å². The summed E-state index contributed by atoms with van der Waals surface area (Å²) in [6, 6.07) is 7.36. The zero-order chi connectivity index (χ0) is 22.7. The molecule has 0 radical (unpaired) electrons. The first kappa shape index (κ1) is 22.3. The summed E-state index contributed by atoms with van der Waals surface area (Å²) in [6.45, 7) is 0.627. The average Bonchev–Trinajstić information content (AvgIpc) is 3.34. The van der Waals surface area contributed by atoms with Crippen molar-refractivity contribution < 1.29 is 19.1 Å². The van der Waals surface area contributed by atoms with E-state index in [0.29, 0.717) is 38.0 Å². The Morgan fingerprint density at radius 1 is 1.22 bits per heavy atom. The second kappa shape index (κ2) is 9.72. The van der Waals surface area contributed by atoms with Crippen molar-refractivity contribution in [2.75, 3.05) is 19.5 Å². The Morgan fingerprint density at radius 3 is 2.69 bits per heavy atom. The molecule has 1 aliphatic rings. The van der Waals surface area contributed by atoms with Crippen LogP contribution in [0, 0.1) is 0 Å². The van der Waals surface area contributed by atoms with E-state index in [4.69, 9.17) is 9.47 Å². The number of imide groups is 1. The number of nitrogens with zero attached hydrogens (tertiary/aromatic N) is 3. The highest BCUT2D eigenvalue weighted by atomic mass is 79.9. The molecule has 0 saturated carbocycles. The molecule has 4 rings (SSSR count). The first-order valence-corrected chi connectivity index (χ1v) is 11.7. The summed E-state index contributed by atoms with van der Waals surface area (Å²) < 4.78 is 12.2.